The second-order valence-corrected chi connectivity index (χ2v) is 5.05. The predicted octanol–water partition coefficient (Wildman–Crippen LogP) is 3.48. The number of hydrogen-bond donors (Lipinski definition) is 1. The number of phenolic OH excluding ortho intramolecular Hbond substituents is 1. The highest BCUT2D eigenvalue weighted by Crippen LogP contribution is 2.38. The quantitative estimate of drug-likeness (QED) is 0.938. The molecule has 1 aliphatic rings. The van der Waals surface area contributed by atoms with E-state index in [0.29, 0.717) is 5.75 Å². The average Bonchev–Trinajstić information content (AvgIpc) is 2.53. The molecule has 4 heteroatoms. The third kappa shape index (κ3) is 2.61. The smallest absolute Gasteiger partial charge is 0.160 e. The van der Waals surface area contributed by atoms with Gasteiger partial charge in [-0.05, 0) is 42.2 Å². The van der Waals surface area contributed by atoms with Crippen molar-refractivity contribution in [2.45, 2.75) is 18.9 Å². The van der Waals surface area contributed by atoms with Crippen molar-refractivity contribution in [3.63, 3.8) is 0 Å². The summed E-state index contributed by atoms with van der Waals surface area (Å²) in [7, 11) is 3.18. The Morgan fingerprint density at radius 1 is 1.10 bits per heavy atom. The zero-order valence-electron chi connectivity index (χ0n) is 12.1. The van der Waals surface area contributed by atoms with Crippen molar-refractivity contribution >= 4 is 0 Å². The molecule has 3 rings (SSSR count). The van der Waals surface area contributed by atoms with Crippen LogP contribution in [0, 0.1) is 0 Å². The van der Waals surface area contributed by atoms with Gasteiger partial charge in [-0.25, -0.2) is 0 Å². The molecule has 0 amide bonds. The summed E-state index contributed by atoms with van der Waals surface area (Å²) in [5.41, 5.74) is 2.13. The van der Waals surface area contributed by atoms with Gasteiger partial charge in [-0.2, -0.15) is 0 Å². The van der Waals surface area contributed by atoms with Crippen molar-refractivity contribution in [3.8, 4) is 23.0 Å². The fourth-order valence-electron chi connectivity index (χ4n) is 2.62. The number of rotatable bonds is 3. The molecule has 110 valence electrons. The van der Waals surface area contributed by atoms with Crippen molar-refractivity contribution in [1.82, 2.24) is 0 Å². The lowest BCUT2D eigenvalue weighted by Crippen LogP contribution is -2.15. The summed E-state index contributed by atoms with van der Waals surface area (Å²) in [6.07, 6.45) is 1.75. The normalized spacial score (nSPS) is 16.8. The van der Waals surface area contributed by atoms with Crippen LogP contribution in [-0.2, 0) is 6.42 Å². The maximum Gasteiger partial charge on any atom is 0.160 e. The molecule has 21 heavy (non-hydrogen) atoms. The van der Waals surface area contributed by atoms with Crippen LogP contribution in [0.15, 0.2) is 36.4 Å². The maximum absolute atomic E-state index is 9.90. The van der Waals surface area contributed by atoms with Crippen LogP contribution in [0.5, 0.6) is 23.0 Å². The fraction of sp³-hybridized carbons (Fsp3) is 0.294. The van der Waals surface area contributed by atoms with E-state index in [4.69, 9.17) is 14.2 Å². The third-order valence-electron chi connectivity index (χ3n) is 3.79. The number of phenols is 1. The molecule has 0 saturated heterocycles. The molecule has 2 aromatic rings. The van der Waals surface area contributed by atoms with Crippen LogP contribution in [0.25, 0.3) is 0 Å². The molecule has 1 aliphatic heterocycles. The van der Waals surface area contributed by atoms with E-state index in [1.165, 1.54) is 12.7 Å². The van der Waals surface area contributed by atoms with E-state index >= 15 is 0 Å². The molecule has 1 atom stereocenters. The number of ether oxygens (including phenoxy) is 3. The van der Waals surface area contributed by atoms with E-state index in [0.717, 1.165) is 29.9 Å². The van der Waals surface area contributed by atoms with Crippen molar-refractivity contribution < 1.29 is 19.3 Å². The molecule has 0 aliphatic carbocycles. The number of hydrogen-bond acceptors (Lipinski definition) is 4. The molecule has 0 radical (unpaired) electrons. The highest BCUT2D eigenvalue weighted by molar-refractivity contribution is 5.45. The molecule has 0 spiro atoms. The number of benzene rings is 2. The lowest BCUT2D eigenvalue weighted by atomic mass is 9.97. The van der Waals surface area contributed by atoms with Gasteiger partial charge in [0.15, 0.2) is 11.5 Å². The SMILES string of the molecule is COc1ccc2c(c1)OC(c1ccc(OC)c(O)c1)CC2. The molecule has 1 heterocycles. The highest BCUT2D eigenvalue weighted by Gasteiger charge is 2.22. The monoisotopic (exact) mass is 286 g/mol. The Bertz CT molecular complexity index is 651. The largest absolute Gasteiger partial charge is 0.504 e. The molecular weight excluding hydrogens is 268 g/mol. The number of fused-ring (bicyclic) bond motifs is 1. The van der Waals surface area contributed by atoms with Gasteiger partial charge in [0, 0.05) is 6.07 Å². The summed E-state index contributed by atoms with van der Waals surface area (Å²) in [6.45, 7) is 0. The standard InChI is InChI=1S/C17H18O4/c1-19-13-6-3-11-4-7-15(21-17(11)10-13)12-5-8-16(20-2)14(18)9-12/h3,5-6,8-10,15,18H,4,7H2,1-2H3. The van der Waals surface area contributed by atoms with Gasteiger partial charge in [-0.15, -0.1) is 0 Å². The van der Waals surface area contributed by atoms with Crippen LogP contribution >= 0.6 is 0 Å². The van der Waals surface area contributed by atoms with Crippen LogP contribution in [0.4, 0.5) is 0 Å². The van der Waals surface area contributed by atoms with Crippen LogP contribution in [-0.4, -0.2) is 19.3 Å². The van der Waals surface area contributed by atoms with Crippen LogP contribution < -0.4 is 14.2 Å². The Hall–Kier alpha value is -2.36. The van der Waals surface area contributed by atoms with Crippen molar-refractivity contribution in [2.75, 3.05) is 14.2 Å². The first-order chi connectivity index (χ1) is 10.2. The molecule has 0 bridgehead atoms. The molecule has 0 fully saturated rings. The minimum Gasteiger partial charge on any atom is -0.504 e. The zero-order valence-corrected chi connectivity index (χ0v) is 12.1. The van der Waals surface area contributed by atoms with Gasteiger partial charge < -0.3 is 19.3 Å². The van der Waals surface area contributed by atoms with Crippen molar-refractivity contribution in [1.29, 1.82) is 0 Å². The molecule has 1 unspecified atom stereocenters. The number of aryl methyl sites for hydroxylation is 1. The van der Waals surface area contributed by atoms with Crippen LogP contribution in [0.3, 0.4) is 0 Å². The number of aromatic hydroxyl groups is 1. The van der Waals surface area contributed by atoms with Gasteiger partial charge in [0.2, 0.25) is 0 Å². The molecule has 0 aromatic heterocycles. The zero-order chi connectivity index (χ0) is 14.8. The van der Waals surface area contributed by atoms with E-state index in [9.17, 15) is 5.11 Å². The Morgan fingerprint density at radius 2 is 1.95 bits per heavy atom. The van der Waals surface area contributed by atoms with E-state index in [-0.39, 0.29) is 11.9 Å². The van der Waals surface area contributed by atoms with Crippen molar-refractivity contribution in [3.05, 3.63) is 47.5 Å². The van der Waals surface area contributed by atoms with Gasteiger partial charge in [0.1, 0.15) is 17.6 Å². The Morgan fingerprint density at radius 3 is 2.67 bits per heavy atom. The van der Waals surface area contributed by atoms with E-state index in [1.807, 2.05) is 24.3 Å². The lowest BCUT2D eigenvalue weighted by Gasteiger charge is -2.27. The van der Waals surface area contributed by atoms with Gasteiger partial charge in [-0.3, -0.25) is 0 Å². The first-order valence-corrected chi connectivity index (χ1v) is 6.91. The average molecular weight is 286 g/mol. The van der Waals surface area contributed by atoms with Gasteiger partial charge in [0.25, 0.3) is 0 Å². The van der Waals surface area contributed by atoms with Gasteiger partial charge in [-0.1, -0.05) is 12.1 Å². The summed E-state index contributed by atoms with van der Waals surface area (Å²) >= 11 is 0. The second kappa shape index (κ2) is 5.56. The maximum atomic E-state index is 9.90. The molecular formula is C17H18O4. The third-order valence-corrected chi connectivity index (χ3v) is 3.79. The minimum absolute atomic E-state index is 0.0681. The van der Waals surface area contributed by atoms with Gasteiger partial charge in [0.05, 0.1) is 14.2 Å². The predicted molar refractivity (Wildman–Crippen MR) is 79.3 cm³/mol. The highest BCUT2D eigenvalue weighted by atomic mass is 16.5. The van der Waals surface area contributed by atoms with Gasteiger partial charge >= 0.3 is 0 Å². The van der Waals surface area contributed by atoms with Crippen LogP contribution in [0.1, 0.15) is 23.7 Å². The molecule has 0 saturated carbocycles. The first kappa shape index (κ1) is 13.6. The Balaban J connectivity index is 1.86. The van der Waals surface area contributed by atoms with Crippen LogP contribution in [0.2, 0.25) is 0 Å². The summed E-state index contributed by atoms with van der Waals surface area (Å²) in [5, 5.41) is 9.90. The Labute approximate surface area is 123 Å². The second-order valence-electron chi connectivity index (χ2n) is 5.05. The summed E-state index contributed by atoms with van der Waals surface area (Å²) in [4.78, 5) is 0. The fourth-order valence-corrected chi connectivity index (χ4v) is 2.62. The number of methoxy groups -OCH3 is 2. The molecule has 4 nitrogen and oxygen atoms in total. The molecule has 2 aromatic carbocycles. The van der Waals surface area contributed by atoms with E-state index in [2.05, 4.69) is 0 Å². The molecule has 1 N–H and O–H groups in total. The summed E-state index contributed by atoms with van der Waals surface area (Å²) in [5.74, 6) is 2.24. The van der Waals surface area contributed by atoms with E-state index in [1.54, 1.807) is 19.2 Å². The van der Waals surface area contributed by atoms with Crippen molar-refractivity contribution in [2.24, 2.45) is 0 Å². The van der Waals surface area contributed by atoms with E-state index < -0.39 is 0 Å². The lowest BCUT2D eigenvalue weighted by molar-refractivity contribution is 0.175. The summed E-state index contributed by atoms with van der Waals surface area (Å²) in [6, 6.07) is 11.3. The first-order valence-electron chi connectivity index (χ1n) is 6.91. The summed E-state index contributed by atoms with van der Waals surface area (Å²) < 4.78 is 16.4. The topological polar surface area (TPSA) is 47.9 Å². The Kier molecular flexibility index (Phi) is 3.60. The minimum atomic E-state index is -0.0681.